The van der Waals surface area contributed by atoms with E-state index in [0.717, 1.165) is 36.6 Å². The molecule has 1 amide bonds. The van der Waals surface area contributed by atoms with Gasteiger partial charge in [0, 0.05) is 37.6 Å². The number of benzene rings is 2. The predicted molar refractivity (Wildman–Crippen MR) is 130 cm³/mol. The second-order valence-corrected chi connectivity index (χ2v) is 8.55. The minimum Gasteiger partial charge on any atom is -0.467 e. The van der Waals surface area contributed by atoms with Gasteiger partial charge in [-0.05, 0) is 68.1 Å². The van der Waals surface area contributed by atoms with Gasteiger partial charge in [-0.15, -0.1) is 0 Å². The van der Waals surface area contributed by atoms with Crippen LogP contribution >= 0.6 is 11.6 Å². The highest BCUT2D eigenvalue weighted by Gasteiger charge is 2.22. The maximum absolute atomic E-state index is 13.5. The maximum atomic E-state index is 13.5. The van der Waals surface area contributed by atoms with Crippen molar-refractivity contribution in [3.63, 3.8) is 0 Å². The average Bonchev–Trinajstić information content (AvgIpc) is 3.33. The molecule has 1 fully saturated rings. The van der Waals surface area contributed by atoms with Gasteiger partial charge in [-0.1, -0.05) is 29.8 Å². The summed E-state index contributed by atoms with van der Waals surface area (Å²) >= 11 is 6.35. The van der Waals surface area contributed by atoms with Gasteiger partial charge < -0.3 is 19.5 Å². The van der Waals surface area contributed by atoms with Crippen LogP contribution in [0, 0.1) is 0 Å². The van der Waals surface area contributed by atoms with Crippen molar-refractivity contribution in [1.29, 1.82) is 0 Å². The van der Waals surface area contributed by atoms with Crippen LogP contribution in [0.1, 0.15) is 47.9 Å². The maximum Gasteiger partial charge on any atom is 0.256 e. The van der Waals surface area contributed by atoms with Crippen LogP contribution in [0.5, 0.6) is 0 Å². The zero-order valence-corrected chi connectivity index (χ0v) is 19.3. The van der Waals surface area contributed by atoms with Crippen LogP contribution in [0.15, 0.2) is 65.3 Å². The monoisotopic (exact) mass is 451 g/mol. The molecule has 0 spiro atoms. The van der Waals surface area contributed by atoms with Crippen LogP contribution in [0.25, 0.3) is 0 Å². The highest BCUT2D eigenvalue weighted by molar-refractivity contribution is 6.33. The molecule has 4 rings (SSSR count). The van der Waals surface area contributed by atoms with E-state index in [1.54, 1.807) is 23.3 Å². The molecule has 1 aromatic heterocycles. The van der Waals surface area contributed by atoms with Crippen LogP contribution in [-0.2, 0) is 13.1 Å². The summed E-state index contributed by atoms with van der Waals surface area (Å²) in [4.78, 5) is 17.7. The molecule has 3 aromatic rings. The summed E-state index contributed by atoms with van der Waals surface area (Å²) < 4.78 is 5.54. The number of anilines is 2. The van der Waals surface area contributed by atoms with Crippen LogP contribution in [0.2, 0.25) is 5.02 Å². The topological polar surface area (TPSA) is 48.7 Å². The molecule has 0 aliphatic carbocycles. The van der Waals surface area contributed by atoms with Gasteiger partial charge in [-0.3, -0.25) is 4.79 Å². The Kier molecular flexibility index (Phi) is 7.38. The van der Waals surface area contributed by atoms with Crippen molar-refractivity contribution in [3.05, 3.63) is 82.8 Å². The van der Waals surface area contributed by atoms with Crippen LogP contribution in [-0.4, -0.2) is 30.4 Å². The van der Waals surface area contributed by atoms with E-state index in [0.29, 0.717) is 23.7 Å². The fraction of sp³-hybridized carbons (Fsp3) is 0.346. The third-order valence-electron chi connectivity index (χ3n) is 5.86. The second kappa shape index (κ2) is 10.6. The lowest BCUT2D eigenvalue weighted by Gasteiger charge is -2.30. The first-order valence-electron chi connectivity index (χ1n) is 11.3. The molecule has 1 aliphatic rings. The summed E-state index contributed by atoms with van der Waals surface area (Å²) in [7, 11) is 0. The SMILES string of the molecule is CCNc1cc(N2CCCCC2)ccc1CN(Cc1ccco1)C(=O)c1ccccc1Cl. The molecular weight excluding hydrogens is 422 g/mol. The Balaban J connectivity index is 1.63. The molecule has 6 heteroatoms. The normalized spacial score (nSPS) is 13.8. The fourth-order valence-electron chi connectivity index (χ4n) is 4.21. The number of piperidine rings is 1. The number of carbonyl (C=O) groups is 1. The van der Waals surface area contributed by atoms with Gasteiger partial charge in [-0.25, -0.2) is 0 Å². The molecule has 0 atom stereocenters. The summed E-state index contributed by atoms with van der Waals surface area (Å²) in [6.07, 6.45) is 5.41. The highest BCUT2D eigenvalue weighted by Crippen LogP contribution is 2.28. The molecule has 0 saturated carbocycles. The van der Waals surface area contributed by atoms with Gasteiger partial charge in [0.05, 0.1) is 23.4 Å². The van der Waals surface area contributed by atoms with E-state index < -0.39 is 0 Å². The molecule has 2 aromatic carbocycles. The number of nitrogens with zero attached hydrogens (tertiary/aromatic N) is 2. The predicted octanol–water partition coefficient (Wildman–Crippen LogP) is 6.20. The quantitative estimate of drug-likeness (QED) is 0.443. The van der Waals surface area contributed by atoms with Crippen LogP contribution in [0.4, 0.5) is 11.4 Å². The lowest BCUT2D eigenvalue weighted by atomic mass is 10.1. The smallest absolute Gasteiger partial charge is 0.256 e. The zero-order valence-electron chi connectivity index (χ0n) is 18.5. The largest absolute Gasteiger partial charge is 0.467 e. The fourth-order valence-corrected chi connectivity index (χ4v) is 4.42. The van der Waals surface area contributed by atoms with E-state index in [9.17, 15) is 4.79 Å². The first-order valence-corrected chi connectivity index (χ1v) is 11.7. The average molecular weight is 452 g/mol. The summed E-state index contributed by atoms with van der Waals surface area (Å²) in [5.41, 5.74) is 3.86. The molecule has 32 heavy (non-hydrogen) atoms. The Hall–Kier alpha value is -2.92. The van der Waals surface area contributed by atoms with E-state index in [1.807, 2.05) is 24.3 Å². The first-order chi connectivity index (χ1) is 15.7. The van der Waals surface area contributed by atoms with E-state index in [4.69, 9.17) is 16.0 Å². The van der Waals surface area contributed by atoms with Gasteiger partial charge in [-0.2, -0.15) is 0 Å². The Morgan fingerprint density at radius 3 is 2.59 bits per heavy atom. The Labute approximate surface area is 195 Å². The minimum atomic E-state index is -0.116. The number of furan rings is 1. The van der Waals surface area contributed by atoms with E-state index in [2.05, 4.69) is 35.3 Å². The van der Waals surface area contributed by atoms with Crippen molar-refractivity contribution in [3.8, 4) is 0 Å². The Bertz CT molecular complexity index is 1030. The molecule has 0 bridgehead atoms. The highest BCUT2D eigenvalue weighted by atomic mass is 35.5. The summed E-state index contributed by atoms with van der Waals surface area (Å²) in [6.45, 7) is 5.92. The number of hydrogen-bond acceptors (Lipinski definition) is 4. The van der Waals surface area contributed by atoms with Crippen LogP contribution in [0.3, 0.4) is 0 Å². The lowest BCUT2D eigenvalue weighted by Crippen LogP contribution is -2.31. The molecular formula is C26H30ClN3O2. The standard InChI is InChI=1S/C26H30ClN3O2/c1-2-28-25-17-21(29-14-6-3-7-15-29)13-12-20(25)18-30(19-22-9-8-16-32-22)26(31)23-10-4-5-11-24(23)27/h4-5,8-13,16-17,28H,2-3,6-7,14-15,18-19H2,1H3. The number of hydrogen-bond donors (Lipinski definition) is 1. The Morgan fingerprint density at radius 2 is 1.88 bits per heavy atom. The van der Waals surface area contributed by atoms with Crippen molar-refractivity contribution in [2.75, 3.05) is 29.9 Å². The second-order valence-electron chi connectivity index (χ2n) is 8.14. The number of amides is 1. The van der Waals surface area contributed by atoms with Gasteiger partial charge in [0.15, 0.2) is 0 Å². The zero-order chi connectivity index (χ0) is 22.3. The third kappa shape index (κ3) is 5.28. The number of nitrogens with one attached hydrogen (secondary N) is 1. The molecule has 0 unspecified atom stereocenters. The van der Waals surface area contributed by atoms with E-state index >= 15 is 0 Å². The minimum absolute atomic E-state index is 0.116. The van der Waals surface area contributed by atoms with Gasteiger partial charge in [0.25, 0.3) is 5.91 Å². The van der Waals surface area contributed by atoms with E-state index in [-0.39, 0.29) is 5.91 Å². The summed E-state index contributed by atoms with van der Waals surface area (Å²) in [5, 5.41) is 3.95. The summed E-state index contributed by atoms with van der Waals surface area (Å²) in [6, 6.07) is 17.4. The van der Waals surface area contributed by atoms with E-state index in [1.165, 1.54) is 24.9 Å². The van der Waals surface area contributed by atoms with Gasteiger partial charge in [0.2, 0.25) is 0 Å². The number of carbonyl (C=O) groups excluding carboxylic acids is 1. The molecule has 168 valence electrons. The summed E-state index contributed by atoms with van der Waals surface area (Å²) in [5.74, 6) is 0.620. The van der Waals surface area contributed by atoms with Crippen molar-refractivity contribution in [2.45, 2.75) is 39.3 Å². The van der Waals surface area contributed by atoms with Crippen molar-refractivity contribution >= 4 is 28.9 Å². The van der Waals surface area contributed by atoms with Crippen molar-refractivity contribution in [1.82, 2.24) is 4.90 Å². The number of rotatable bonds is 8. The molecule has 1 saturated heterocycles. The van der Waals surface area contributed by atoms with Gasteiger partial charge >= 0.3 is 0 Å². The van der Waals surface area contributed by atoms with Crippen LogP contribution < -0.4 is 10.2 Å². The molecule has 1 aliphatic heterocycles. The molecule has 1 N–H and O–H groups in total. The van der Waals surface area contributed by atoms with Gasteiger partial charge in [0.1, 0.15) is 5.76 Å². The molecule has 2 heterocycles. The Morgan fingerprint density at radius 1 is 1.06 bits per heavy atom. The number of halogens is 1. The van der Waals surface area contributed by atoms with Crippen molar-refractivity contribution < 1.29 is 9.21 Å². The first kappa shape index (κ1) is 22.3. The lowest BCUT2D eigenvalue weighted by molar-refractivity contribution is 0.0718. The molecule has 5 nitrogen and oxygen atoms in total. The third-order valence-corrected chi connectivity index (χ3v) is 6.19. The molecule has 0 radical (unpaired) electrons. The van der Waals surface area contributed by atoms with Crippen molar-refractivity contribution in [2.24, 2.45) is 0 Å².